The zero-order chi connectivity index (χ0) is 14.5. The lowest BCUT2D eigenvalue weighted by Crippen LogP contribution is -2.23. The van der Waals surface area contributed by atoms with E-state index in [0.29, 0.717) is 6.61 Å². The van der Waals surface area contributed by atoms with Crippen molar-refractivity contribution < 1.29 is 9.53 Å². The molecule has 1 atom stereocenters. The van der Waals surface area contributed by atoms with Gasteiger partial charge in [-0.25, -0.2) is 0 Å². The van der Waals surface area contributed by atoms with Crippen molar-refractivity contribution in [2.24, 2.45) is 5.92 Å². The Kier molecular flexibility index (Phi) is 5.01. The second-order valence-electron chi connectivity index (χ2n) is 5.74. The quantitative estimate of drug-likeness (QED) is 0.745. The van der Waals surface area contributed by atoms with Crippen molar-refractivity contribution in [3.8, 4) is 0 Å². The van der Waals surface area contributed by atoms with E-state index in [0.717, 1.165) is 25.9 Å². The molecule has 0 N–H and O–H groups in total. The number of carbonyl (C=O) groups is 1. The molecule has 0 bridgehead atoms. The van der Waals surface area contributed by atoms with E-state index in [1.165, 1.54) is 11.3 Å². The van der Waals surface area contributed by atoms with Gasteiger partial charge < -0.3 is 14.5 Å². The molecule has 1 aromatic carbocycles. The summed E-state index contributed by atoms with van der Waals surface area (Å²) >= 11 is 0. The highest BCUT2D eigenvalue weighted by atomic mass is 16.5. The number of hydrogen-bond acceptors (Lipinski definition) is 4. The van der Waals surface area contributed by atoms with Gasteiger partial charge in [0.1, 0.15) is 0 Å². The average Bonchev–Trinajstić information content (AvgIpc) is 2.82. The molecule has 4 nitrogen and oxygen atoms in total. The molecular formula is C16H24N2O2. The number of esters is 1. The van der Waals surface area contributed by atoms with Crippen LogP contribution in [0.3, 0.4) is 0 Å². The molecule has 0 radical (unpaired) electrons. The van der Waals surface area contributed by atoms with E-state index in [1.807, 2.05) is 0 Å². The van der Waals surface area contributed by atoms with Gasteiger partial charge in [-0.05, 0) is 44.1 Å². The molecule has 20 heavy (non-hydrogen) atoms. The molecule has 0 saturated carbocycles. The lowest BCUT2D eigenvalue weighted by atomic mass is 10.0. The van der Waals surface area contributed by atoms with Crippen molar-refractivity contribution in [3.05, 3.63) is 29.8 Å². The minimum absolute atomic E-state index is 0.0204. The molecule has 4 heteroatoms. The Morgan fingerprint density at radius 2 is 2.10 bits per heavy atom. The summed E-state index contributed by atoms with van der Waals surface area (Å²) in [6.07, 6.45) is 1.77. The topological polar surface area (TPSA) is 32.8 Å². The minimum Gasteiger partial charge on any atom is -0.465 e. The molecule has 0 amide bonds. The van der Waals surface area contributed by atoms with Crippen LogP contribution in [0.15, 0.2) is 24.3 Å². The summed E-state index contributed by atoms with van der Waals surface area (Å²) in [5, 5.41) is 0. The normalized spacial score (nSPS) is 18.4. The predicted molar refractivity (Wildman–Crippen MR) is 80.8 cm³/mol. The summed E-state index contributed by atoms with van der Waals surface area (Å²) in [4.78, 5) is 15.8. The first-order chi connectivity index (χ1) is 9.56. The van der Waals surface area contributed by atoms with E-state index in [2.05, 4.69) is 55.2 Å². The third-order valence-corrected chi connectivity index (χ3v) is 3.78. The lowest BCUT2D eigenvalue weighted by molar-refractivity contribution is -0.141. The van der Waals surface area contributed by atoms with Gasteiger partial charge in [-0.3, -0.25) is 4.79 Å². The van der Waals surface area contributed by atoms with Crippen LogP contribution in [0, 0.1) is 5.92 Å². The Morgan fingerprint density at radius 3 is 2.75 bits per heavy atom. The van der Waals surface area contributed by atoms with Gasteiger partial charge in [0.2, 0.25) is 0 Å². The molecule has 2 rings (SSSR count). The first kappa shape index (κ1) is 14.9. The smallest absolute Gasteiger partial charge is 0.309 e. The van der Waals surface area contributed by atoms with Crippen LogP contribution in [0.2, 0.25) is 0 Å². The second kappa shape index (κ2) is 6.75. The van der Waals surface area contributed by atoms with E-state index in [1.54, 1.807) is 0 Å². The molecule has 0 unspecified atom stereocenters. The van der Waals surface area contributed by atoms with Crippen molar-refractivity contribution in [2.45, 2.75) is 19.4 Å². The van der Waals surface area contributed by atoms with E-state index < -0.39 is 0 Å². The van der Waals surface area contributed by atoms with Gasteiger partial charge in [0.15, 0.2) is 0 Å². The Hall–Kier alpha value is -1.55. The summed E-state index contributed by atoms with van der Waals surface area (Å²) in [6, 6.07) is 8.55. The molecule has 1 aliphatic heterocycles. The molecule has 1 heterocycles. The van der Waals surface area contributed by atoms with Crippen LogP contribution >= 0.6 is 0 Å². The van der Waals surface area contributed by atoms with Crippen LogP contribution in [-0.4, -0.2) is 45.2 Å². The number of hydrogen-bond donors (Lipinski definition) is 0. The molecule has 1 saturated heterocycles. The van der Waals surface area contributed by atoms with Crippen molar-refractivity contribution >= 4 is 11.7 Å². The molecule has 0 aliphatic carbocycles. The average molecular weight is 276 g/mol. The largest absolute Gasteiger partial charge is 0.465 e. The van der Waals surface area contributed by atoms with Crippen molar-refractivity contribution in [3.63, 3.8) is 0 Å². The molecule has 1 fully saturated rings. The van der Waals surface area contributed by atoms with Crippen molar-refractivity contribution in [1.29, 1.82) is 0 Å². The number of nitrogens with zero attached hydrogens (tertiary/aromatic N) is 2. The SMILES string of the molecule is CN(CC[C@@H]1CCOC1=O)Cc1cccc(N(C)C)c1. The highest BCUT2D eigenvalue weighted by Gasteiger charge is 2.26. The first-order valence-corrected chi connectivity index (χ1v) is 7.17. The Balaban J connectivity index is 1.83. The summed E-state index contributed by atoms with van der Waals surface area (Å²) in [6.45, 7) is 2.42. The van der Waals surface area contributed by atoms with Gasteiger partial charge in [0, 0.05) is 26.3 Å². The van der Waals surface area contributed by atoms with Gasteiger partial charge >= 0.3 is 5.97 Å². The monoisotopic (exact) mass is 276 g/mol. The maximum Gasteiger partial charge on any atom is 0.309 e. The van der Waals surface area contributed by atoms with Crippen LogP contribution in [0.4, 0.5) is 5.69 Å². The van der Waals surface area contributed by atoms with Crippen LogP contribution < -0.4 is 4.90 Å². The Morgan fingerprint density at radius 1 is 1.30 bits per heavy atom. The highest BCUT2D eigenvalue weighted by molar-refractivity contribution is 5.74. The van der Waals surface area contributed by atoms with E-state index in [9.17, 15) is 4.79 Å². The van der Waals surface area contributed by atoms with E-state index >= 15 is 0 Å². The van der Waals surface area contributed by atoms with Gasteiger partial charge in [0.25, 0.3) is 0 Å². The zero-order valence-electron chi connectivity index (χ0n) is 12.6. The van der Waals surface area contributed by atoms with Crippen LogP contribution in [0.1, 0.15) is 18.4 Å². The maximum absolute atomic E-state index is 11.4. The van der Waals surface area contributed by atoms with Gasteiger partial charge in [-0.15, -0.1) is 0 Å². The summed E-state index contributed by atoms with van der Waals surface area (Å²) in [5.74, 6) is 0.0820. The van der Waals surface area contributed by atoms with Crippen LogP contribution in [0.5, 0.6) is 0 Å². The molecule has 0 aromatic heterocycles. The fourth-order valence-electron chi connectivity index (χ4n) is 2.50. The molecule has 110 valence electrons. The fourth-order valence-corrected chi connectivity index (χ4v) is 2.50. The van der Waals surface area contributed by atoms with Crippen molar-refractivity contribution in [2.75, 3.05) is 39.2 Å². The maximum atomic E-state index is 11.4. The Bertz CT molecular complexity index is 460. The standard InChI is InChI=1S/C16H24N2O2/c1-17(2)15-6-4-5-13(11-15)12-18(3)9-7-14-8-10-20-16(14)19/h4-6,11,14H,7-10,12H2,1-3H3/t14-/m1/s1. The van der Waals surface area contributed by atoms with E-state index in [4.69, 9.17) is 4.74 Å². The number of cyclic esters (lactones) is 1. The molecule has 1 aliphatic rings. The third kappa shape index (κ3) is 3.97. The number of benzene rings is 1. The number of anilines is 1. The van der Waals surface area contributed by atoms with Crippen LogP contribution in [0.25, 0.3) is 0 Å². The lowest BCUT2D eigenvalue weighted by Gasteiger charge is -2.19. The molecular weight excluding hydrogens is 252 g/mol. The second-order valence-corrected chi connectivity index (χ2v) is 5.74. The summed E-state index contributed by atoms with van der Waals surface area (Å²) < 4.78 is 5.00. The first-order valence-electron chi connectivity index (χ1n) is 7.17. The highest BCUT2D eigenvalue weighted by Crippen LogP contribution is 2.19. The van der Waals surface area contributed by atoms with Crippen LogP contribution in [-0.2, 0) is 16.1 Å². The number of carbonyl (C=O) groups excluding carboxylic acids is 1. The molecule has 1 aromatic rings. The number of rotatable bonds is 6. The van der Waals surface area contributed by atoms with Crippen molar-refractivity contribution in [1.82, 2.24) is 4.90 Å². The Labute approximate surface area is 121 Å². The van der Waals surface area contributed by atoms with Gasteiger partial charge in [-0.2, -0.15) is 0 Å². The van der Waals surface area contributed by atoms with Gasteiger partial charge in [-0.1, -0.05) is 12.1 Å². The fraction of sp³-hybridized carbons (Fsp3) is 0.562. The predicted octanol–water partition coefficient (Wildman–Crippen LogP) is 2.14. The van der Waals surface area contributed by atoms with Gasteiger partial charge in [0.05, 0.1) is 12.5 Å². The minimum atomic E-state index is -0.0204. The zero-order valence-corrected chi connectivity index (χ0v) is 12.6. The third-order valence-electron chi connectivity index (χ3n) is 3.78. The summed E-state index contributed by atoms with van der Waals surface area (Å²) in [7, 11) is 6.20. The summed E-state index contributed by atoms with van der Waals surface area (Å²) in [5.41, 5.74) is 2.52. The molecule has 0 spiro atoms. The van der Waals surface area contributed by atoms with E-state index in [-0.39, 0.29) is 11.9 Å². The number of ether oxygens (including phenoxy) is 1.